The molecule has 0 radical (unpaired) electrons. The van der Waals surface area contributed by atoms with Gasteiger partial charge in [0.1, 0.15) is 5.75 Å². The van der Waals surface area contributed by atoms with E-state index in [-0.39, 0.29) is 5.91 Å². The Kier molecular flexibility index (Phi) is 8.49. The molecule has 1 heterocycles. The van der Waals surface area contributed by atoms with Crippen LogP contribution in [0.25, 0.3) is 0 Å². The first kappa shape index (κ1) is 21.3. The fourth-order valence-corrected chi connectivity index (χ4v) is 3.40. The molecule has 2 aromatic carbocycles. The van der Waals surface area contributed by atoms with Crippen LogP contribution >= 0.6 is 0 Å². The monoisotopic (exact) mass is 397 g/mol. The first-order valence-corrected chi connectivity index (χ1v) is 10.3. The number of benzene rings is 2. The second kappa shape index (κ2) is 11.6. The summed E-state index contributed by atoms with van der Waals surface area (Å²) in [6, 6.07) is 18.3. The number of nitrogens with one attached hydrogen (secondary N) is 1. The molecule has 1 N–H and O–H groups in total. The molecule has 0 aromatic heterocycles. The van der Waals surface area contributed by atoms with Crippen molar-refractivity contribution in [1.82, 2.24) is 15.3 Å². The van der Waals surface area contributed by atoms with Crippen LogP contribution in [0.3, 0.4) is 0 Å². The van der Waals surface area contributed by atoms with Crippen LogP contribution in [0.5, 0.6) is 5.75 Å². The van der Waals surface area contributed by atoms with Gasteiger partial charge in [0, 0.05) is 45.7 Å². The molecule has 156 valence electrons. The van der Waals surface area contributed by atoms with Gasteiger partial charge in [0.2, 0.25) is 5.91 Å². The van der Waals surface area contributed by atoms with E-state index >= 15 is 0 Å². The van der Waals surface area contributed by atoms with E-state index in [0.717, 1.165) is 50.5 Å². The van der Waals surface area contributed by atoms with Gasteiger partial charge in [-0.3, -0.25) is 9.69 Å². The molecular formula is C23H31N3O3. The molecule has 6 nitrogen and oxygen atoms in total. The van der Waals surface area contributed by atoms with Crippen molar-refractivity contribution in [2.24, 2.45) is 0 Å². The predicted molar refractivity (Wildman–Crippen MR) is 113 cm³/mol. The number of ether oxygens (including phenoxy) is 1. The number of rotatable bonds is 10. The molecule has 29 heavy (non-hydrogen) atoms. The van der Waals surface area contributed by atoms with E-state index in [1.807, 2.05) is 35.2 Å². The number of hydrogen-bond acceptors (Lipinski definition) is 5. The first-order valence-electron chi connectivity index (χ1n) is 10.3. The van der Waals surface area contributed by atoms with Crippen molar-refractivity contribution >= 4 is 5.91 Å². The second-order valence-electron chi connectivity index (χ2n) is 7.26. The highest BCUT2D eigenvalue weighted by Crippen LogP contribution is 2.11. The highest BCUT2D eigenvalue weighted by Gasteiger charge is 2.20. The number of carbonyl (C=O) groups excluding carboxylic acids is 1. The Bertz CT molecular complexity index is 729. The highest BCUT2D eigenvalue weighted by atomic mass is 16.6. The van der Waals surface area contributed by atoms with Crippen LogP contribution in [0.15, 0.2) is 54.6 Å². The minimum absolute atomic E-state index is 0.225. The maximum atomic E-state index is 12.4. The van der Waals surface area contributed by atoms with Crippen LogP contribution in [0, 0.1) is 0 Å². The van der Waals surface area contributed by atoms with Crippen molar-refractivity contribution in [3.63, 3.8) is 0 Å². The van der Waals surface area contributed by atoms with Crippen molar-refractivity contribution in [2.45, 2.75) is 25.9 Å². The van der Waals surface area contributed by atoms with Crippen LogP contribution in [0.1, 0.15) is 24.0 Å². The fourth-order valence-electron chi connectivity index (χ4n) is 3.40. The molecule has 1 aliphatic heterocycles. The Morgan fingerprint density at radius 3 is 2.38 bits per heavy atom. The Morgan fingerprint density at radius 2 is 1.69 bits per heavy atom. The lowest BCUT2D eigenvalue weighted by atomic mass is 10.2. The number of amides is 1. The van der Waals surface area contributed by atoms with Gasteiger partial charge in [-0.1, -0.05) is 42.5 Å². The average Bonchev–Trinajstić information content (AvgIpc) is 2.77. The molecule has 1 fully saturated rings. The average molecular weight is 398 g/mol. The minimum Gasteiger partial charge on any atom is -0.497 e. The molecule has 0 bridgehead atoms. The van der Waals surface area contributed by atoms with Gasteiger partial charge in [-0.15, -0.1) is 0 Å². The lowest BCUT2D eigenvalue weighted by Crippen LogP contribution is -2.48. The van der Waals surface area contributed by atoms with Gasteiger partial charge in [-0.2, -0.15) is 5.48 Å². The number of methoxy groups -OCH3 is 1. The maximum Gasteiger partial charge on any atom is 0.222 e. The molecule has 0 aliphatic carbocycles. The predicted octanol–water partition coefficient (Wildman–Crippen LogP) is 2.84. The lowest BCUT2D eigenvalue weighted by Gasteiger charge is -2.34. The number of nitrogens with zero attached hydrogens (tertiary/aromatic N) is 2. The van der Waals surface area contributed by atoms with Gasteiger partial charge in [-0.05, 0) is 29.7 Å². The van der Waals surface area contributed by atoms with Gasteiger partial charge in [-0.25, -0.2) is 0 Å². The number of hydrogen-bond donors (Lipinski definition) is 1. The molecule has 0 atom stereocenters. The fraction of sp³-hybridized carbons (Fsp3) is 0.435. The van der Waals surface area contributed by atoms with Crippen molar-refractivity contribution in [3.05, 3.63) is 65.7 Å². The largest absolute Gasteiger partial charge is 0.497 e. The third-order valence-electron chi connectivity index (χ3n) is 5.15. The quantitative estimate of drug-likeness (QED) is 0.494. The number of piperazine rings is 1. The minimum atomic E-state index is 0.225. The highest BCUT2D eigenvalue weighted by molar-refractivity contribution is 5.76. The standard InChI is InChI=1S/C23H31N3O3/c1-28-22-11-9-20(10-12-22)18-24-29-17-5-8-23(27)26-15-13-25(14-16-26)19-21-6-3-2-4-7-21/h2-4,6-7,9-12,24H,5,8,13-19H2,1H3. The Labute approximate surface area is 173 Å². The lowest BCUT2D eigenvalue weighted by molar-refractivity contribution is -0.133. The second-order valence-corrected chi connectivity index (χ2v) is 7.26. The molecule has 2 aromatic rings. The summed E-state index contributed by atoms with van der Waals surface area (Å²) in [5, 5.41) is 0. The van der Waals surface area contributed by atoms with Crippen molar-refractivity contribution in [3.8, 4) is 5.75 Å². The van der Waals surface area contributed by atoms with Gasteiger partial charge in [0.25, 0.3) is 0 Å². The summed E-state index contributed by atoms with van der Waals surface area (Å²) in [7, 11) is 1.66. The van der Waals surface area contributed by atoms with Crippen LogP contribution in [-0.4, -0.2) is 55.6 Å². The van der Waals surface area contributed by atoms with Gasteiger partial charge >= 0.3 is 0 Å². The molecular weight excluding hydrogens is 366 g/mol. The number of carbonyl (C=O) groups is 1. The molecule has 1 saturated heterocycles. The normalized spacial score (nSPS) is 14.7. The van der Waals surface area contributed by atoms with E-state index in [9.17, 15) is 4.79 Å². The Morgan fingerprint density at radius 1 is 0.966 bits per heavy atom. The Balaban J connectivity index is 1.24. The molecule has 3 rings (SSSR count). The van der Waals surface area contributed by atoms with E-state index in [1.54, 1.807) is 7.11 Å². The summed E-state index contributed by atoms with van der Waals surface area (Å²) in [5.41, 5.74) is 5.40. The molecule has 0 unspecified atom stereocenters. The van der Waals surface area contributed by atoms with Gasteiger partial charge < -0.3 is 14.5 Å². The third kappa shape index (κ3) is 7.16. The van der Waals surface area contributed by atoms with Crippen molar-refractivity contribution < 1.29 is 14.4 Å². The summed E-state index contributed by atoms with van der Waals surface area (Å²) >= 11 is 0. The number of hydroxylamine groups is 1. The summed E-state index contributed by atoms with van der Waals surface area (Å²) in [4.78, 5) is 22.2. The molecule has 1 aliphatic rings. The summed E-state index contributed by atoms with van der Waals surface area (Å²) in [6.07, 6.45) is 1.25. The molecule has 1 amide bonds. The Hall–Kier alpha value is -2.41. The zero-order valence-electron chi connectivity index (χ0n) is 17.2. The topological polar surface area (TPSA) is 54.0 Å². The van der Waals surface area contributed by atoms with Gasteiger partial charge in [0.05, 0.1) is 13.7 Å². The zero-order chi connectivity index (χ0) is 20.3. The molecule has 0 saturated carbocycles. The SMILES string of the molecule is COc1ccc(CNOCCCC(=O)N2CCN(Cc3ccccc3)CC2)cc1. The van der Waals surface area contributed by atoms with E-state index < -0.39 is 0 Å². The summed E-state index contributed by atoms with van der Waals surface area (Å²) in [5.74, 6) is 1.07. The zero-order valence-corrected chi connectivity index (χ0v) is 17.2. The molecule has 0 spiro atoms. The van der Waals surface area contributed by atoms with Crippen LogP contribution < -0.4 is 10.2 Å². The van der Waals surface area contributed by atoms with Crippen LogP contribution in [0.4, 0.5) is 0 Å². The summed E-state index contributed by atoms with van der Waals surface area (Å²) in [6.45, 7) is 5.58. The van der Waals surface area contributed by atoms with Crippen LogP contribution in [-0.2, 0) is 22.7 Å². The van der Waals surface area contributed by atoms with E-state index in [1.165, 1.54) is 5.56 Å². The smallest absolute Gasteiger partial charge is 0.222 e. The van der Waals surface area contributed by atoms with E-state index in [2.05, 4.69) is 34.6 Å². The molecule has 6 heteroatoms. The summed E-state index contributed by atoms with van der Waals surface area (Å²) < 4.78 is 5.14. The first-order chi connectivity index (χ1) is 14.2. The van der Waals surface area contributed by atoms with E-state index in [0.29, 0.717) is 19.6 Å². The van der Waals surface area contributed by atoms with Crippen molar-refractivity contribution in [1.29, 1.82) is 0 Å². The van der Waals surface area contributed by atoms with Gasteiger partial charge in [0.15, 0.2) is 0 Å². The maximum absolute atomic E-state index is 12.4. The third-order valence-corrected chi connectivity index (χ3v) is 5.15. The van der Waals surface area contributed by atoms with Crippen LogP contribution in [0.2, 0.25) is 0 Å². The van der Waals surface area contributed by atoms with E-state index in [4.69, 9.17) is 9.57 Å². The van der Waals surface area contributed by atoms with Crippen molar-refractivity contribution in [2.75, 3.05) is 39.9 Å².